The molecular weight excluding hydrogens is 306 g/mol. The standard InChI is InChI=1S/C13H11F4N3S/c1-7-4-18-5-10(14)9(7)6-21-12-19-8(2)3-11(20-12)13(15,16)17/h3-5H,6H2,1-2H3. The summed E-state index contributed by atoms with van der Waals surface area (Å²) < 4.78 is 51.6. The molecule has 0 saturated heterocycles. The fourth-order valence-corrected chi connectivity index (χ4v) is 2.64. The molecule has 0 amide bonds. The second-order valence-electron chi connectivity index (χ2n) is 4.38. The van der Waals surface area contributed by atoms with E-state index in [1.54, 1.807) is 6.92 Å². The lowest BCUT2D eigenvalue weighted by atomic mass is 10.2. The number of rotatable bonds is 3. The lowest BCUT2D eigenvalue weighted by Crippen LogP contribution is -2.10. The van der Waals surface area contributed by atoms with E-state index in [9.17, 15) is 17.6 Å². The van der Waals surface area contributed by atoms with E-state index in [2.05, 4.69) is 15.0 Å². The second-order valence-corrected chi connectivity index (χ2v) is 5.32. The number of alkyl halides is 3. The maximum Gasteiger partial charge on any atom is 0.433 e. The number of thioether (sulfide) groups is 1. The maximum atomic E-state index is 13.6. The molecule has 0 aromatic carbocycles. The number of hydrogen-bond donors (Lipinski definition) is 0. The highest BCUT2D eigenvalue weighted by atomic mass is 32.2. The van der Waals surface area contributed by atoms with E-state index >= 15 is 0 Å². The Morgan fingerprint density at radius 1 is 1.14 bits per heavy atom. The number of halogens is 4. The summed E-state index contributed by atoms with van der Waals surface area (Å²) in [6.45, 7) is 3.14. The summed E-state index contributed by atoms with van der Waals surface area (Å²) in [7, 11) is 0. The summed E-state index contributed by atoms with van der Waals surface area (Å²) >= 11 is 0.956. The van der Waals surface area contributed by atoms with Gasteiger partial charge in [0.15, 0.2) is 5.16 Å². The number of pyridine rings is 1. The molecule has 0 aliphatic carbocycles. The van der Waals surface area contributed by atoms with Crippen molar-refractivity contribution in [1.82, 2.24) is 15.0 Å². The molecule has 3 nitrogen and oxygen atoms in total. The van der Waals surface area contributed by atoms with Crippen LogP contribution in [0.25, 0.3) is 0 Å². The van der Waals surface area contributed by atoms with Gasteiger partial charge >= 0.3 is 6.18 Å². The quantitative estimate of drug-likeness (QED) is 0.488. The lowest BCUT2D eigenvalue weighted by Gasteiger charge is -2.09. The average molecular weight is 317 g/mol. The van der Waals surface area contributed by atoms with Crippen molar-refractivity contribution < 1.29 is 17.6 Å². The highest BCUT2D eigenvalue weighted by molar-refractivity contribution is 7.98. The van der Waals surface area contributed by atoms with Gasteiger partial charge in [0, 0.05) is 23.2 Å². The molecule has 112 valence electrons. The fourth-order valence-electron chi connectivity index (χ4n) is 1.63. The van der Waals surface area contributed by atoms with Gasteiger partial charge in [0.1, 0.15) is 11.5 Å². The molecule has 8 heteroatoms. The Morgan fingerprint density at radius 2 is 1.86 bits per heavy atom. The van der Waals surface area contributed by atoms with Crippen molar-refractivity contribution in [3.05, 3.63) is 46.8 Å². The normalized spacial score (nSPS) is 11.7. The predicted octanol–water partition coefficient (Wildman–Crippen LogP) is 3.94. The number of aryl methyl sites for hydroxylation is 2. The predicted molar refractivity (Wildman–Crippen MR) is 70.3 cm³/mol. The van der Waals surface area contributed by atoms with Crippen LogP contribution in [0.1, 0.15) is 22.5 Å². The SMILES string of the molecule is Cc1cc(C(F)(F)F)nc(SCc2c(C)cncc2F)n1. The number of aromatic nitrogens is 3. The Morgan fingerprint density at radius 3 is 2.48 bits per heavy atom. The van der Waals surface area contributed by atoms with Gasteiger partial charge in [0.05, 0.1) is 6.20 Å². The summed E-state index contributed by atoms with van der Waals surface area (Å²) in [4.78, 5) is 11.1. The first-order valence-electron chi connectivity index (χ1n) is 5.92. The van der Waals surface area contributed by atoms with E-state index in [1.165, 1.54) is 13.1 Å². The van der Waals surface area contributed by atoms with Gasteiger partial charge < -0.3 is 0 Å². The molecule has 2 aromatic heterocycles. The average Bonchev–Trinajstić information content (AvgIpc) is 2.36. The molecule has 2 aromatic rings. The van der Waals surface area contributed by atoms with Crippen LogP contribution < -0.4 is 0 Å². The van der Waals surface area contributed by atoms with Gasteiger partial charge in [0.2, 0.25) is 0 Å². The summed E-state index contributed by atoms with van der Waals surface area (Å²) in [5.41, 5.74) is 0.232. The van der Waals surface area contributed by atoms with Crippen LogP contribution in [0, 0.1) is 19.7 Å². The zero-order chi connectivity index (χ0) is 15.6. The maximum absolute atomic E-state index is 13.6. The largest absolute Gasteiger partial charge is 0.433 e. The summed E-state index contributed by atoms with van der Waals surface area (Å²) in [5, 5.41) is -0.0297. The molecule has 2 heterocycles. The van der Waals surface area contributed by atoms with Gasteiger partial charge in [-0.15, -0.1) is 0 Å². The molecule has 0 bridgehead atoms. The minimum atomic E-state index is -4.53. The first-order chi connectivity index (χ1) is 9.77. The van der Waals surface area contributed by atoms with E-state index in [0.29, 0.717) is 11.1 Å². The van der Waals surface area contributed by atoms with Crippen LogP contribution in [0.4, 0.5) is 17.6 Å². The second kappa shape index (κ2) is 5.97. The molecule has 0 atom stereocenters. The van der Waals surface area contributed by atoms with Crippen LogP contribution in [0.5, 0.6) is 0 Å². The van der Waals surface area contributed by atoms with Crippen LogP contribution in [-0.2, 0) is 11.9 Å². The Bertz CT molecular complexity index is 638. The molecule has 0 aliphatic heterocycles. The number of hydrogen-bond acceptors (Lipinski definition) is 4. The molecule has 0 N–H and O–H groups in total. The first-order valence-corrected chi connectivity index (χ1v) is 6.90. The minimum Gasteiger partial charge on any atom is -0.261 e. The lowest BCUT2D eigenvalue weighted by molar-refractivity contribution is -0.141. The molecule has 0 unspecified atom stereocenters. The van der Waals surface area contributed by atoms with Crippen molar-refractivity contribution in [2.24, 2.45) is 0 Å². The molecule has 21 heavy (non-hydrogen) atoms. The Balaban J connectivity index is 2.23. The molecule has 0 spiro atoms. The van der Waals surface area contributed by atoms with Gasteiger partial charge in [-0.25, -0.2) is 14.4 Å². The van der Waals surface area contributed by atoms with Crippen molar-refractivity contribution in [3.63, 3.8) is 0 Å². The van der Waals surface area contributed by atoms with Crippen LogP contribution in [0.15, 0.2) is 23.6 Å². The van der Waals surface area contributed by atoms with Crippen molar-refractivity contribution in [1.29, 1.82) is 0 Å². The molecular formula is C13H11F4N3S. The number of nitrogens with zero attached hydrogens (tertiary/aromatic N) is 3. The van der Waals surface area contributed by atoms with Crippen molar-refractivity contribution in [3.8, 4) is 0 Å². The van der Waals surface area contributed by atoms with Crippen LogP contribution in [-0.4, -0.2) is 15.0 Å². The van der Waals surface area contributed by atoms with Gasteiger partial charge in [-0.2, -0.15) is 13.2 Å². The van der Waals surface area contributed by atoms with Crippen LogP contribution in [0.3, 0.4) is 0 Å². The molecule has 0 aliphatic rings. The minimum absolute atomic E-state index is 0.0297. The molecule has 0 saturated carbocycles. The third kappa shape index (κ3) is 3.90. The zero-order valence-corrected chi connectivity index (χ0v) is 12.0. The van der Waals surface area contributed by atoms with E-state index in [1.807, 2.05) is 0 Å². The van der Waals surface area contributed by atoms with Gasteiger partial charge in [-0.3, -0.25) is 4.98 Å². The van der Waals surface area contributed by atoms with E-state index in [-0.39, 0.29) is 16.6 Å². The van der Waals surface area contributed by atoms with E-state index in [0.717, 1.165) is 24.0 Å². The Kier molecular flexibility index (Phi) is 4.46. The molecule has 2 rings (SSSR count). The van der Waals surface area contributed by atoms with Gasteiger partial charge in [-0.05, 0) is 25.5 Å². The van der Waals surface area contributed by atoms with E-state index in [4.69, 9.17) is 0 Å². The smallest absolute Gasteiger partial charge is 0.261 e. The van der Waals surface area contributed by atoms with Gasteiger partial charge in [0.25, 0.3) is 0 Å². The van der Waals surface area contributed by atoms with Crippen LogP contribution in [0.2, 0.25) is 0 Å². The third-order valence-electron chi connectivity index (χ3n) is 2.69. The van der Waals surface area contributed by atoms with Crippen molar-refractivity contribution >= 4 is 11.8 Å². The summed E-state index contributed by atoms with van der Waals surface area (Å²) in [5.74, 6) is -0.354. The van der Waals surface area contributed by atoms with Crippen LogP contribution >= 0.6 is 11.8 Å². The highest BCUT2D eigenvalue weighted by Gasteiger charge is 2.33. The van der Waals surface area contributed by atoms with E-state index < -0.39 is 17.7 Å². The monoisotopic (exact) mass is 317 g/mol. The highest BCUT2D eigenvalue weighted by Crippen LogP contribution is 2.30. The summed E-state index contributed by atoms with van der Waals surface area (Å²) in [6.07, 6.45) is -1.96. The molecule has 0 radical (unpaired) electrons. The van der Waals surface area contributed by atoms with Crippen molar-refractivity contribution in [2.75, 3.05) is 0 Å². The summed E-state index contributed by atoms with van der Waals surface area (Å²) in [6, 6.07) is 0.877. The van der Waals surface area contributed by atoms with Gasteiger partial charge in [-0.1, -0.05) is 11.8 Å². The molecule has 0 fully saturated rings. The Hall–Kier alpha value is -1.70. The fraction of sp³-hybridized carbons (Fsp3) is 0.308. The topological polar surface area (TPSA) is 38.7 Å². The van der Waals surface area contributed by atoms with Crippen molar-refractivity contribution in [2.45, 2.75) is 30.9 Å². The third-order valence-corrected chi connectivity index (χ3v) is 3.56. The Labute approximate surface area is 122 Å². The first kappa shape index (κ1) is 15.7. The zero-order valence-electron chi connectivity index (χ0n) is 11.2.